The Bertz CT molecular complexity index is 779. The summed E-state index contributed by atoms with van der Waals surface area (Å²) in [5.41, 5.74) is 1.68. The second-order valence-corrected chi connectivity index (χ2v) is 6.28. The monoisotopic (exact) mass is 374 g/mol. The van der Waals surface area contributed by atoms with Crippen LogP contribution in [0.25, 0.3) is 0 Å². The molecule has 1 amide bonds. The molecule has 8 heteroatoms. The van der Waals surface area contributed by atoms with Crippen molar-refractivity contribution in [2.75, 3.05) is 37.7 Å². The first kappa shape index (κ1) is 18.8. The number of morpholine rings is 1. The van der Waals surface area contributed by atoms with Crippen LogP contribution in [-0.2, 0) is 4.74 Å². The molecule has 0 radical (unpaired) electrons. The van der Waals surface area contributed by atoms with Gasteiger partial charge in [0.2, 0.25) is 0 Å². The average molecular weight is 374 g/mol. The molecule has 1 aliphatic heterocycles. The zero-order chi connectivity index (χ0) is 19.4. The minimum absolute atomic E-state index is 0.0299. The molecule has 0 bridgehead atoms. The average Bonchev–Trinajstić information content (AvgIpc) is 2.70. The van der Waals surface area contributed by atoms with E-state index in [4.69, 9.17) is 4.74 Å². The fraction of sp³-hybridized carbons (Fsp3) is 0.316. The van der Waals surface area contributed by atoms with Gasteiger partial charge in [0.15, 0.2) is 17.2 Å². The number of amides is 1. The largest absolute Gasteiger partial charge is 0.504 e. The van der Waals surface area contributed by atoms with E-state index in [1.165, 1.54) is 0 Å². The van der Waals surface area contributed by atoms with E-state index in [9.17, 15) is 25.2 Å². The maximum Gasteiger partial charge on any atom is 0.251 e. The highest BCUT2D eigenvalue weighted by molar-refractivity contribution is 5.95. The number of rotatable bonds is 5. The van der Waals surface area contributed by atoms with Gasteiger partial charge < -0.3 is 35.4 Å². The standard InChI is InChI=1S/C19H22N2O6/c22-15-9-13(10-16(23)18(15)25)19(26)20-11-17(24)12-1-3-14(4-2-12)21-5-7-27-8-6-21/h1-4,9-10,17,22-25H,5-8,11H2,(H,20,26). The molecular weight excluding hydrogens is 352 g/mol. The van der Waals surface area contributed by atoms with Crippen LogP contribution in [0.4, 0.5) is 5.69 Å². The Kier molecular flexibility index (Phi) is 5.68. The van der Waals surface area contributed by atoms with Crippen LogP contribution in [0.1, 0.15) is 22.0 Å². The van der Waals surface area contributed by atoms with Gasteiger partial charge in [0.05, 0.1) is 19.3 Å². The van der Waals surface area contributed by atoms with E-state index in [1.807, 2.05) is 12.1 Å². The number of aromatic hydroxyl groups is 3. The zero-order valence-electron chi connectivity index (χ0n) is 14.6. The third-order valence-electron chi connectivity index (χ3n) is 4.44. The Morgan fingerprint density at radius 1 is 1.07 bits per heavy atom. The third-order valence-corrected chi connectivity index (χ3v) is 4.44. The lowest BCUT2D eigenvalue weighted by atomic mass is 10.1. The number of anilines is 1. The highest BCUT2D eigenvalue weighted by Gasteiger charge is 2.16. The molecule has 5 N–H and O–H groups in total. The fourth-order valence-electron chi connectivity index (χ4n) is 2.87. The maximum absolute atomic E-state index is 12.1. The third kappa shape index (κ3) is 4.42. The summed E-state index contributed by atoms with van der Waals surface area (Å²) in [7, 11) is 0. The van der Waals surface area contributed by atoms with E-state index in [-0.39, 0.29) is 12.1 Å². The van der Waals surface area contributed by atoms with Gasteiger partial charge in [-0.25, -0.2) is 0 Å². The molecule has 1 saturated heterocycles. The number of aliphatic hydroxyl groups is 1. The van der Waals surface area contributed by atoms with Crippen molar-refractivity contribution in [3.05, 3.63) is 47.5 Å². The Balaban J connectivity index is 1.58. The van der Waals surface area contributed by atoms with Crippen LogP contribution < -0.4 is 10.2 Å². The van der Waals surface area contributed by atoms with E-state index >= 15 is 0 Å². The molecule has 144 valence electrons. The molecule has 0 spiro atoms. The topological polar surface area (TPSA) is 122 Å². The fourth-order valence-corrected chi connectivity index (χ4v) is 2.87. The Hall–Kier alpha value is -2.97. The number of nitrogens with one attached hydrogen (secondary N) is 1. The molecule has 8 nitrogen and oxygen atoms in total. The lowest BCUT2D eigenvalue weighted by Gasteiger charge is -2.29. The Morgan fingerprint density at radius 2 is 1.67 bits per heavy atom. The molecule has 27 heavy (non-hydrogen) atoms. The zero-order valence-corrected chi connectivity index (χ0v) is 14.6. The van der Waals surface area contributed by atoms with Gasteiger partial charge in [0.1, 0.15) is 0 Å². The summed E-state index contributed by atoms with van der Waals surface area (Å²) < 4.78 is 5.33. The summed E-state index contributed by atoms with van der Waals surface area (Å²) in [5, 5.41) is 41.1. The number of carbonyl (C=O) groups excluding carboxylic acids is 1. The minimum atomic E-state index is -0.910. The summed E-state index contributed by atoms with van der Waals surface area (Å²) in [5.74, 6) is -2.48. The Morgan fingerprint density at radius 3 is 2.26 bits per heavy atom. The first-order valence-electron chi connectivity index (χ1n) is 8.59. The molecule has 2 aromatic rings. The number of ether oxygens (including phenoxy) is 1. The SMILES string of the molecule is O=C(NCC(O)c1ccc(N2CCOCC2)cc1)c1cc(O)c(O)c(O)c1. The summed E-state index contributed by atoms with van der Waals surface area (Å²) >= 11 is 0. The first-order valence-corrected chi connectivity index (χ1v) is 8.59. The molecule has 1 atom stereocenters. The van der Waals surface area contributed by atoms with Crippen molar-refractivity contribution < 1.29 is 30.0 Å². The van der Waals surface area contributed by atoms with Crippen LogP contribution >= 0.6 is 0 Å². The number of carbonyl (C=O) groups is 1. The van der Waals surface area contributed by atoms with Crippen molar-refractivity contribution in [2.45, 2.75) is 6.10 Å². The van der Waals surface area contributed by atoms with E-state index < -0.39 is 29.3 Å². The molecular formula is C19H22N2O6. The van der Waals surface area contributed by atoms with E-state index in [1.54, 1.807) is 12.1 Å². The number of nitrogens with zero attached hydrogens (tertiary/aromatic N) is 1. The number of hydrogen-bond acceptors (Lipinski definition) is 7. The normalized spacial score (nSPS) is 15.4. The maximum atomic E-state index is 12.1. The van der Waals surface area contributed by atoms with E-state index in [0.717, 1.165) is 30.9 Å². The van der Waals surface area contributed by atoms with Crippen molar-refractivity contribution in [2.24, 2.45) is 0 Å². The quantitative estimate of drug-likeness (QED) is 0.497. The van der Waals surface area contributed by atoms with Crippen molar-refractivity contribution in [3.63, 3.8) is 0 Å². The summed E-state index contributed by atoms with van der Waals surface area (Å²) in [6.45, 7) is 2.99. The molecule has 0 aliphatic carbocycles. The number of phenols is 3. The summed E-state index contributed by atoms with van der Waals surface area (Å²) in [6.07, 6.45) is -0.910. The van der Waals surface area contributed by atoms with Crippen molar-refractivity contribution in [1.29, 1.82) is 0 Å². The van der Waals surface area contributed by atoms with Crippen LogP contribution in [0.2, 0.25) is 0 Å². The van der Waals surface area contributed by atoms with Crippen molar-refractivity contribution in [3.8, 4) is 17.2 Å². The summed E-state index contributed by atoms with van der Waals surface area (Å²) in [4.78, 5) is 14.3. The van der Waals surface area contributed by atoms with Gasteiger partial charge in [0, 0.05) is 30.9 Å². The number of hydrogen-bond donors (Lipinski definition) is 5. The van der Waals surface area contributed by atoms with Crippen molar-refractivity contribution in [1.82, 2.24) is 5.32 Å². The summed E-state index contributed by atoms with van der Waals surface area (Å²) in [6, 6.07) is 9.52. The number of phenolic OH excluding ortho intramolecular Hbond substituents is 3. The lowest BCUT2D eigenvalue weighted by molar-refractivity contribution is 0.0915. The van der Waals surface area contributed by atoms with Gasteiger partial charge >= 0.3 is 0 Å². The predicted octanol–water partition coefficient (Wildman–Crippen LogP) is 1.10. The molecule has 0 aromatic heterocycles. The lowest BCUT2D eigenvalue weighted by Crippen LogP contribution is -2.36. The minimum Gasteiger partial charge on any atom is -0.504 e. The molecule has 1 fully saturated rings. The van der Waals surface area contributed by atoms with Gasteiger partial charge in [-0.05, 0) is 29.8 Å². The van der Waals surface area contributed by atoms with Gasteiger partial charge in [-0.3, -0.25) is 4.79 Å². The highest BCUT2D eigenvalue weighted by Crippen LogP contribution is 2.35. The van der Waals surface area contributed by atoms with Crippen LogP contribution in [0, 0.1) is 0 Å². The van der Waals surface area contributed by atoms with Crippen LogP contribution in [0.5, 0.6) is 17.2 Å². The van der Waals surface area contributed by atoms with Gasteiger partial charge in [-0.2, -0.15) is 0 Å². The molecule has 1 aliphatic rings. The van der Waals surface area contributed by atoms with Gasteiger partial charge in [-0.1, -0.05) is 12.1 Å². The molecule has 2 aromatic carbocycles. The molecule has 1 heterocycles. The number of aliphatic hydroxyl groups excluding tert-OH is 1. The molecule has 3 rings (SSSR count). The molecule has 1 unspecified atom stereocenters. The number of benzene rings is 2. The molecule has 0 saturated carbocycles. The van der Waals surface area contributed by atoms with Crippen LogP contribution in [0.15, 0.2) is 36.4 Å². The van der Waals surface area contributed by atoms with Crippen molar-refractivity contribution >= 4 is 11.6 Å². The second-order valence-electron chi connectivity index (χ2n) is 6.28. The van der Waals surface area contributed by atoms with E-state index in [2.05, 4.69) is 10.2 Å². The highest BCUT2D eigenvalue weighted by atomic mass is 16.5. The Labute approximate surface area is 156 Å². The smallest absolute Gasteiger partial charge is 0.251 e. The second kappa shape index (κ2) is 8.15. The first-order chi connectivity index (χ1) is 13.0. The predicted molar refractivity (Wildman–Crippen MR) is 98.2 cm³/mol. The van der Waals surface area contributed by atoms with E-state index in [0.29, 0.717) is 18.8 Å². The van der Waals surface area contributed by atoms with Crippen LogP contribution in [-0.4, -0.2) is 59.2 Å². The van der Waals surface area contributed by atoms with Gasteiger partial charge in [-0.15, -0.1) is 0 Å². The van der Waals surface area contributed by atoms with Crippen LogP contribution in [0.3, 0.4) is 0 Å². The van der Waals surface area contributed by atoms with Gasteiger partial charge in [0.25, 0.3) is 5.91 Å².